The molecule has 0 unspecified atom stereocenters. The van der Waals surface area contributed by atoms with Gasteiger partial charge in [0.15, 0.2) is 0 Å². The van der Waals surface area contributed by atoms with Crippen LogP contribution in [-0.4, -0.2) is 46.1 Å². The van der Waals surface area contributed by atoms with Gasteiger partial charge in [-0.15, -0.1) is 0 Å². The van der Waals surface area contributed by atoms with Crippen molar-refractivity contribution in [2.45, 2.75) is 58.2 Å². The number of carbonyl (C=O) groups is 2. The third-order valence-electron chi connectivity index (χ3n) is 4.06. The van der Waals surface area contributed by atoms with Crippen molar-refractivity contribution in [3.05, 3.63) is 24.5 Å². The Balaban J connectivity index is 1.78. The summed E-state index contributed by atoms with van der Waals surface area (Å²) < 4.78 is 1.89. The number of rotatable bonds is 3. The molecular formula is C17H28N4O2. The summed E-state index contributed by atoms with van der Waals surface area (Å²) in [6, 6.07) is 3.72. The average Bonchev–Trinajstić information content (AvgIpc) is 2.99. The van der Waals surface area contributed by atoms with Crippen molar-refractivity contribution in [2.24, 2.45) is 0 Å². The van der Waals surface area contributed by atoms with Gasteiger partial charge in [-0.05, 0) is 52.7 Å². The van der Waals surface area contributed by atoms with Gasteiger partial charge in [-0.25, -0.2) is 4.79 Å². The van der Waals surface area contributed by atoms with Gasteiger partial charge < -0.3 is 20.1 Å². The lowest BCUT2D eigenvalue weighted by Gasteiger charge is -2.35. The molecule has 0 spiro atoms. The van der Waals surface area contributed by atoms with Crippen LogP contribution >= 0.6 is 0 Å². The topological polar surface area (TPSA) is 66.4 Å². The fourth-order valence-electron chi connectivity index (χ4n) is 2.69. The molecule has 1 aromatic heterocycles. The highest BCUT2D eigenvalue weighted by Gasteiger charge is 2.27. The van der Waals surface area contributed by atoms with Crippen molar-refractivity contribution in [1.29, 1.82) is 0 Å². The zero-order valence-corrected chi connectivity index (χ0v) is 14.5. The Kier molecular flexibility index (Phi) is 5.34. The van der Waals surface area contributed by atoms with E-state index in [0.717, 1.165) is 12.8 Å². The van der Waals surface area contributed by atoms with Gasteiger partial charge in [-0.2, -0.15) is 0 Å². The molecule has 2 heterocycles. The first-order valence-corrected chi connectivity index (χ1v) is 8.26. The summed E-state index contributed by atoms with van der Waals surface area (Å²) in [6.07, 6.45) is 5.37. The normalized spacial score (nSPS) is 17.7. The van der Waals surface area contributed by atoms with E-state index in [1.165, 1.54) is 0 Å². The Hall–Kier alpha value is -1.98. The van der Waals surface area contributed by atoms with Crippen molar-refractivity contribution in [1.82, 2.24) is 20.1 Å². The molecule has 1 aliphatic heterocycles. The number of amides is 3. The maximum atomic E-state index is 12.3. The molecule has 1 fully saturated rings. The minimum absolute atomic E-state index is 0.0250. The summed E-state index contributed by atoms with van der Waals surface area (Å²) in [4.78, 5) is 26.2. The van der Waals surface area contributed by atoms with Crippen LogP contribution < -0.4 is 10.6 Å². The van der Waals surface area contributed by atoms with E-state index in [9.17, 15) is 9.59 Å². The van der Waals surface area contributed by atoms with E-state index in [1.807, 2.05) is 61.7 Å². The molecule has 6 nitrogen and oxygen atoms in total. The standard InChI is InChI=1S/C17H28N4O2/c1-13(20-9-5-6-10-20)15(22)18-14-7-11-21(12-8-14)16(23)19-17(2,3)4/h5-6,9-10,13-14H,7-8,11-12H2,1-4H3,(H,18,22)(H,19,23)/t13-/m0/s1. The van der Waals surface area contributed by atoms with Crippen LogP contribution in [0, 0.1) is 0 Å². The number of likely N-dealkylation sites (tertiary alicyclic amines) is 1. The monoisotopic (exact) mass is 320 g/mol. The molecule has 1 atom stereocenters. The highest BCUT2D eigenvalue weighted by Crippen LogP contribution is 2.14. The van der Waals surface area contributed by atoms with E-state index >= 15 is 0 Å². The van der Waals surface area contributed by atoms with Gasteiger partial charge in [0.05, 0.1) is 0 Å². The van der Waals surface area contributed by atoms with Crippen LogP contribution in [0.2, 0.25) is 0 Å². The van der Waals surface area contributed by atoms with Crippen LogP contribution in [0.15, 0.2) is 24.5 Å². The van der Waals surface area contributed by atoms with Crippen molar-refractivity contribution in [3.8, 4) is 0 Å². The first-order chi connectivity index (χ1) is 10.8. The highest BCUT2D eigenvalue weighted by atomic mass is 16.2. The molecule has 0 aromatic carbocycles. The summed E-state index contributed by atoms with van der Waals surface area (Å²) >= 11 is 0. The second-order valence-corrected chi connectivity index (χ2v) is 7.26. The third-order valence-corrected chi connectivity index (χ3v) is 4.06. The van der Waals surface area contributed by atoms with Crippen LogP contribution in [0.5, 0.6) is 0 Å². The van der Waals surface area contributed by atoms with E-state index < -0.39 is 0 Å². The van der Waals surface area contributed by atoms with Crippen LogP contribution in [-0.2, 0) is 4.79 Å². The smallest absolute Gasteiger partial charge is 0.317 e. The van der Waals surface area contributed by atoms with E-state index in [-0.39, 0.29) is 29.6 Å². The van der Waals surface area contributed by atoms with Gasteiger partial charge in [0, 0.05) is 37.1 Å². The molecule has 23 heavy (non-hydrogen) atoms. The number of piperidine rings is 1. The molecule has 128 valence electrons. The lowest BCUT2D eigenvalue weighted by molar-refractivity contribution is -0.124. The number of aromatic nitrogens is 1. The first kappa shape index (κ1) is 17.4. The van der Waals surface area contributed by atoms with Crippen molar-refractivity contribution >= 4 is 11.9 Å². The first-order valence-electron chi connectivity index (χ1n) is 8.26. The van der Waals surface area contributed by atoms with E-state index in [2.05, 4.69) is 10.6 Å². The Morgan fingerprint density at radius 2 is 1.70 bits per heavy atom. The predicted octanol–water partition coefficient (Wildman–Crippen LogP) is 2.14. The van der Waals surface area contributed by atoms with Crippen molar-refractivity contribution in [3.63, 3.8) is 0 Å². The second kappa shape index (κ2) is 7.06. The quantitative estimate of drug-likeness (QED) is 0.896. The summed E-state index contributed by atoms with van der Waals surface area (Å²) in [6.45, 7) is 9.15. The molecule has 0 bridgehead atoms. The number of carbonyl (C=O) groups excluding carboxylic acids is 2. The molecule has 1 saturated heterocycles. The van der Waals surface area contributed by atoms with Crippen molar-refractivity contribution in [2.75, 3.05) is 13.1 Å². The van der Waals surface area contributed by atoms with E-state index in [0.29, 0.717) is 13.1 Å². The molecule has 0 saturated carbocycles. The predicted molar refractivity (Wildman–Crippen MR) is 90.2 cm³/mol. The van der Waals surface area contributed by atoms with Gasteiger partial charge in [0.2, 0.25) is 5.91 Å². The van der Waals surface area contributed by atoms with Crippen LogP contribution in [0.25, 0.3) is 0 Å². The second-order valence-electron chi connectivity index (χ2n) is 7.26. The van der Waals surface area contributed by atoms with Crippen molar-refractivity contribution < 1.29 is 9.59 Å². The zero-order valence-electron chi connectivity index (χ0n) is 14.5. The fraction of sp³-hybridized carbons (Fsp3) is 0.647. The molecule has 1 aliphatic rings. The summed E-state index contributed by atoms with van der Waals surface area (Å²) in [7, 11) is 0. The number of urea groups is 1. The molecule has 2 rings (SSSR count). The van der Waals surface area contributed by atoms with E-state index in [1.54, 1.807) is 0 Å². The zero-order chi connectivity index (χ0) is 17.0. The van der Waals surface area contributed by atoms with Gasteiger partial charge in [0.1, 0.15) is 6.04 Å². The Bertz CT molecular complexity index is 525. The molecular weight excluding hydrogens is 292 g/mol. The minimum atomic E-state index is -0.228. The van der Waals surface area contributed by atoms with Gasteiger partial charge in [-0.3, -0.25) is 4.79 Å². The maximum Gasteiger partial charge on any atom is 0.317 e. The Morgan fingerprint density at radius 3 is 2.22 bits per heavy atom. The molecule has 0 aliphatic carbocycles. The summed E-state index contributed by atoms with van der Waals surface area (Å²) in [5.41, 5.74) is -0.228. The highest BCUT2D eigenvalue weighted by molar-refractivity contribution is 5.80. The third kappa shape index (κ3) is 5.01. The molecule has 6 heteroatoms. The average molecular weight is 320 g/mol. The van der Waals surface area contributed by atoms with Gasteiger partial charge >= 0.3 is 6.03 Å². The van der Waals surface area contributed by atoms with Gasteiger partial charge in [-0.1, -0.05) is 0 Å². The van der Waals surface area contributed by atoms with E-state index in [4.69, 9.17) is 0 Å². The maximum absolute atomic E-state index is 12.3. The Morgan fingerprint density at radius 1 is 1.13 bits per heavy atom. The minimum Gasteiger partial charge on any atom is -0.351 e. The molecule has 1 aromatic rings. The summed E-state index contributed by atoms with van der Waals surface area (Å²) in [5, 5.41) is 6.07. The number of nitrogens with zero attached hydrogens (tertiary/aromatic N) is 2. The lowest BCUT2D eigenvalue weighted by Crippen LogP contribution is -2.53. The van der Waals surface area contributed by atoms with Gasteiger partial charge in [0.25, 0.3) is 0 Å². The van der Waals surface area contributed by atoms with Crippen LogP contribution in [0.4, 0.5) is 4.79 Å². The Labute approximate surface area is 138 Å². The number of hydrogen-bond donors (Lipinski definition) is 2. The SMILES string of the molecule is C[C@@H](C(=O)NC1CCN(C(=O)NC(C)(C)C)CC1)n1cccc1. The largest absolute Gasteiger partial charge is 0.351 e. The van der Waals surface area contributed by atoms with Crippen LogP contribution in [0.1, 0.15) is 46.6 Å². The van der Waals surface area contributed by atoms with Crippen LogP contribution in [0.3, 0.4) is 0 Å². The molecule has 0 radical (unpaired) electrons. The summed E-state index contributed by atoms with van der Waals surface area (Å²) in [5.74, 6) is 0.0267. The fourth-order valence-corrected chi connectivity index (χ4v) is 2.69. The molecule has 2 N–H and O–H groups in total. The number of nitrogens with one attached hydrogen (secondary N) is 2. The lowest BCUT2D eigenvalue weighted by atomic mass is 10.0. The molecule has 3 amide bonds. The number of hydrogen-bond acceptors (Lipinski definition) is 2.